The monoisotopic (exact) mass is 507 g/mol. The highest BCUT2D eigenvalue weighted by molar-refractivity contribution is 6.32. The smallest absolute Gasteiger partial charge is 0.328 e. The third-order valence-corrected chi connectivity index (χ3v) is 4.09. The Morgan fingerprint density at radius 3 is 2.40 bits per heavy atom. The number of aliphatic carboxylic acids is 2. The maximum absolute atomic E-state index is 13.0. The van der Waals surface area contributed by atoms with Crippen LogP contribution >= 0.6 is 11.6 Å². The van der Waals surface area contributed by atoms with Crippen molar-refractivity contribution < 1.29 is 28.9 Å². The van der Waals surface area contributed by atoms with Crippen LogP contribution in [0.3, 0.4) is 0 Å². The van der Waals surface area contributed by atoms with Crippen LogP contribution in [0.25, 0.3) is 0 Å². The first-order valence-electron chi connectivity index (χ1n) is 10.1. The minimum absolute atomic E-state index is 0.0150. The quantitative estimate of drug-likeness (QED) is 0.266. The molecule has 0 saturated carbocycles. The molecule has 0 fully saturated rings. The van der Waals surface area contributed by atoms with E-state index in [9.17, 15) is 14.0 Å². The Morgan fingerprint density at radius 2 is 1.83 bits per heavy atom. The highest BCUT2D eigenvalue weighted by atomic mass is 35.5. The van der Waals surface area contributed by atoms with E-state index in [1.807, 2.05) is 20.8 Å². The molecule has 0 saturated heterocycles. The van der Waals surface area contributed by atoms with Gasteiger partial charge in [-0.05, 0) is 32.9 Å². The van der Waals surface area contributed by atoms with E-state index in [2.05, 4.69) is 35.8 Å². The minimum atomic E-state index is -1.26. The number of halogens is 2. The van der Waals surface area contributed by atoms with E-state index in [1.165, 1.54) is 12.3 Å². The third-order valence-electron chi connectivity index (χ3n) is 3.82. The van der Waals surface area contributed by atoms with E-state index in [4.69, 9.17) is 26.6 Å². The lowest BCUT2D eigenvalue weighted by molar-refractivity contribution is -0.134. The van der Waals surface area contributed by atoms with Gasteiger partial charge in [0, 0.05) is 18.2 Å². The molecule has 3 rings (SSSR count). The van der Waals surface area contributed by atoms with Gasteiger partial charge in [-0.3, -0.25) is 10.1 Å². The van der Waals surface area contributed by atoms with E-state index in [0.29, 0.717) is 46.3 Å². The number of rotatable bonds is 9. The first kappa shape index (κ1) is 27.0. The number of aromatic nitrogens is 5. The number of carbonyl (C=O) groups is 2. The van der Waals surface area contributed by atoms with Crippen molar-refractivity contribution in [3.63, 3.8) is 0 Å². The van der Waals surface area contributed by atoms with Crippen molar-refractivity contribution in [2.45, 2.75) is 32.9 Å². The summed E-state index contributed by atoms with van der Waals surface area (Å²) in [5, 5.41) is 29.0. The minimum Gasteiger partial charge on any atom is -0.478 e. The molecule has 35 heavy (non-hydrogen) atoms. The molecule has 5 N–H and O–H groups in total. The molecule has 0 radical (unpaired) electrons. The summed E-state index contributed by atoms with van der Waals surface area (Å²) in [6.45, 7) is 5.70. The summed E-state index contributed by atoms with van der Waals surface area (Å²) in [7, 11) is 0. The fraction of sp³-hybridized carbons (Fsp3) is 0.238. The summed E-state index contributed by atoms with van der Waals surface area (Å²) in [6, 6.07) is 4.43. The number of carboxylic acids is 2. The van der Waals surface area contributed by atoms with Gasteiger partial charge in [0.05, 0.1) is 30.2 Å². The van der Waals surface area contributed by atoms with Gasteiger partial charge in [0.25, 0.3) is 0 Å². The molecule has 0 aliphatic rings. The lowest BCUT2D eigenvalue weighted by atomic mass is 10.2. The van der Waals surface area contributed by atoms with Crippen LogP contribution in [0.1, 0.15) is 32.5 Å². The Hall–Kier alpha value is -4.26. The second kappa shape index (κ2) is 12.8. The summed E-state index contributed by atoms with van der Waals surface area (Å²) in [4.78, 5) is 31.7. The van der Waals surface area contributed by atoms with Gasteiger partial charge in [-0.15, -0.1) is 5.10 Å². The maximum Gasteiger partial charge on any atom is 0.328 e. The highest BCUT2D eigenvalue weighted by Crippen LogP contribution is 2.25. The molecular weight excluding hydrogens is 485 g/mol. The molecule has 3 aromatic heterocycles. The van der Waals surface area contributed by atoms with Crippen LogP contribution < -0.4 is 15.4 Å². The lowest BCUT2D eigenvalue weighted by Gasteiger charge is -2.14. The summed E-state index contributed by atoms with van der Waals surface area (Å²) in [5.74, 6) is -1.12. The van der Waals surface area contributed by atoms with Crippen molar-refractivity contribution in [1.29, 1.82) is 0 Å². The molecule has 0 aliphatic heterocycles. The van der Waals surface area contributed by atoms with Gasteiger partial charge in [0.15, 0.2) is 5.82 Å². The Labute approximate surface area is 204 Å². The average molecular weight is 508 g/mol. The SMILES string of the molecule is CC(C)Oc1cc(Nc2nc(N[C@@H](C)c3ccc(F)cn3)ncc2Cl)[nH]n1.O=C(O)/C=C\C(=O)O. The van der Waals surface area contributed by atoms with Gasteiger partial charge >= 0.3 is 11.9 Å². The van der Waals surface area contributed by atoms with Crippen LogP contribution in [-0.4, -0.2) is 53.4 Å². The van der Waals surface area contributed by atoms with E-state index < -0.39 is 11.9 Å². The van der Waals surface area contributed by atoms with Gasteiger partial charge in [-0.2, -0.15) is 4.98 Å². The molecule has 0 aromatic carbocycles. The molecular formula is C21H23ClFN7O5. The first-order chi connectivity index (χ1) is 16.5. The van der Waals surface area contributed by atoms with Crippen LogP contribution in [-0.2, 0) is 9.59 Å². The standard InChI is InChI=1S/C17H19ClFN7O.C4H4O4/c1-9(2)27-15-6-14(25-26-15)23-16-12(18)8-21-17(24-16)22-10(3)13-5-4-11(19)7-20-13;5-3(6)1-2-4(7)8/h4-10H,1-3H3,(H3,21,22,23,24,25,26);1-2H,(H,5,6)(H,7,8)/b;2-1-/t10-;/m0./s1. The Kier molecular flexibility index (Phi) is 9.90. The molecule has 3 heterocycles. The summed E-state index contributed by atoms with van der Waals surface area (Å²) in [6.07, 6.45) is 3.77. The van der Waals surface area contributed by atoms with Gasteiger partial charge < -0.3 is 25.6 Å². The topological polar surface area (TPSA) is 175 Å². The van der Waals surface area contributed by atoms with Gasteiger partial charge in [-0.1, -0.05) is 11.6 Å². The summed E-state index contributed by atoms with van der Waals surface area (Å²) >= 11 is 6.17. The molecule has 14 heteroatoms. The summed E-state index contributed by atoms with van der Waals surface area (Å²) < 4.78 is 18.5. The van der Waals surface area contributed by atoms with Crippen LogP contribution in [0.5, 0.6) is 5.88 Å². The molecule has 186 valence electrons. The molecule has 1 atom stereocenters. The largest absolute Gasteiger partial charge is 0.478 e. The predicted molar refractivity (Wildman–Crippen MR) is 125 cm³/mol. The number of pyridine rings is 1. The fourth-order valence-corrected chi connectivity index (χ4v) is 2.51. The average Bonchev–Trinajstić information content (AvgIpc) is 3.21. The van der Waals surface area contributed by atoms with E-state index in [1.54, 1.807) is 12.1 Å². The second-order valence-electron chi connectivity index (χ2n) is 7.08. The van der Waals surface area contributed by atoms with Crippen LogP contribution in [0, 0.1) is 5.82 Å². The van der Waals surface area contributed by atoms with Crippen molar-refractivity contribution >= 4 is 41.1 Å². The third kappa shape index (κ3) is 9.63. The Bertz CT molecular complexity index is 1160. The van der Waals surface area contributed by atoms with E-state index >= 15 is 0 Å². The van der Waals surface area contributed by atoms with Crippen LogP contribution in [0.2, 0.25) is 5.02 Å². The Morgan fingerprint density at radius 1 is 1.14 bits per heavy atom. The summed E-state index contributed by atoms with van der Waals surface area (Å²) in [5.41, 5.74) is 0.661. The number of hydrogen-bond donors (Lipinski definition) is 5. The molecule has 0 unspecified atom stereocenters. The van der Waals surface area contributed by atoms with Crippen molar-refractivity contribution in [2.75, 3.05) is 10.6 Å². The zero-order valence-corrected chi connectivity index (χ0v) is 19.6. The number of H-pyrrole nitrogens is 1. The normalized spacial score (nSPS) is 11.5. The van der Waals surface area contributed by atoms with Gasteiger partial charge in [0.1, 0.15) is 16.7 Å². The highest BCUT2D eigenvalue weighted by Gasteiger charge is 2.12. The van der Waals surface area contributed by atoms with Crippen LogP contribution in [0.15, 0.2) is 42.7 Å². The van der Waals surface area contributed by atoms with Crippen LogP contribution in [0.4, 0.5) is 22.0 Å². The van der Waals surface area contributed by atoms with Crippen molar-refractivity contribution in [3.05, 3.63) is 59.3 Å². The van der Waals surface area contributed by atoms with Gasteiger partial charge in [0.2, 0.25) is 11.8 Å². The number of nitrogens with zero attached hydrogens (tertiary/aromatic N) is 4. The number of ether oxygens (including phenoxy) is 1. The van der Waals surface area contributed by atoms with Gasteiger partial charge in [-0.25, -0.2) is 19.0 Å². The number of nitrogens with one attached hydrogen (secondary N) is 3. The number of anilines is 3. The first-order valence-corrected chi connectivity index (χ1v) is 10.4. The number of carboxylic acid groups (broad SMARTS) is 2. The van der Waals surface area contributed by atoms with Crippen molar-refractivity contribution in [1.82, 2.24) is 25.1 Å². The maximum atomic E-state index is 13.0. The van der Waals surface area contributed by atoms with Crippen molar-refractivity contribution in [2.24, 2.45) is 0 Å². The number of aromatic amines is 1. The van der Waals surface area contributed by atoms with E-state index in [-0.39, 0.29) is 18.0 Å². The number of hydrogen-bond acceptors (Lipinski definition) is 9. The molecule has 3 aromatic rings. The predicted octanol–water partition coefficient (Wildman–Crippen LogP) is 3.80. The zero-order valence-electron chi connectivity index (χ0n) is 18.9. The molecule has 0 bridgehead atoms. The van der Waals surface area contributed by atoms with Crippen molar-refractivity contribution in [3.8, 4) is 5.88 Å². The second-order valence-corrected chi connectivity index (χ2v) is 7.49. The molecule has 12 nitrogen and oxygen atoms in total. The van der Waals surface area contributed by atoms with E-state index in [0.717, 1.165) is 6.20 Å². The fourth-order valence-electron chi connectivity index (χ4n) is 2.37. The molecule has 0 aliphatic carbocycles. The molecule has 0 amide bonds. The molecule has 0 spiro atoms. The Balaban J connectivity index is 0.000000466. The lowest BCUT2D eigenvalue weighted by Crippen LogP contribution is -2.11. The zero-order chi connectivity index (χ0) is 26.0.